The SMILES string of the molecule is Cc1nnc(CN2CCCC3(CCS(=O)(=O)C3)C2)s1. The van der Waals surface area contributed by atoms with Crippen molar-refractivity contribution in [3.63, 3.8) is 0 Å². The van der Waals surface area contributed by atoms with Gasteiger partial charge in [-0.25, -0.2) is 8.42 Å². The van der Waals surface area contributed by atoms with Gasteiger partial charge in [-0.05, 0) is 38.1 Å². The Morgan fingerprint density at radius 1 is 1.37 bits per heavy atom. The van der Waals surface area contributed by atoms with Gasteiger partial charge < -0.3 is 0 Å². The van der Waals surface area contributed by atoms with Crippen LogP contribution in [-0.4, -0.2) is 48.1 Å². The Morgan fingerprint density at radius 3 is 2.84 bits per heavy atom. The fourth-order valence-electron chi connectivity index (χ4n) is 3.34. The van der Waals surface area contributed by atoms with E-state index in [4.69, 9.17) is 0 Å². The van der Waals surface area contributed by atoms with E-state index in [1.165, 1.54) is 0 Å². The summed E-state index contributed by atoms with van der Waals surface area (Å²) in [5, 5.41) is 10.2. The first kappa shape index (κ1) is 13.5. The number of hydrogen-bond donors (Lipinski definition) is 0. The second-order valence-electron chi connectivity index (χ2n) is 5.87. The zero-order chi connectivity index (χ0) is 13.5. The van der Waals surface area contributed by atoms with Gasteiger partial charge in [-0.3, -0.25) is 4.90 Å². The summed E-state index contributed by atoms with van der Waals surface area (Å²) in [6.07, 6.45) is 2.98. The summed E-state index contributed by atoms with van der Waals surface area (Å²) in [4.78, 5) is 2.35. The summed E-state index contributed by atoms with van der Waals surface area (Å²) in [5.41, 5.74) is 0.0107. The van der Waals surface area contributed by atoms with E-state index in [1.54, 1.807) is 11.3 Å². The predicted molar refractivity (Wildman–Crippen MR) is 74.9 cm³/mol. The number of aromatic nitrogens is 2. The maximum Gasteiger partial charge on any atom is 0.150 e. The highest BCUT2D eigenvalue weighted by molar-refractivity contribution is 7.91. The van der Waals surface area contributed by atoms with Crippen molar-refractivity contribution in [3.8, 4) is 0 Å². The van der Waals surface area contributed by atoms with E-state index in [9.17, 15) is 8.42 Å². The van der Waals surface area contributed by atoms with Gasteiger partial charge in [-0.2, -0.15) is 0 Å². The maximum atomic E-state index is 11.7. The molecule has 0 radical (unpaired) electrons. The lowest BCUT2D eigenvalue weighted by Gasteiger charge is -2.39. The third-order valence-corrected chi connectivity index (χ3v) is 6.84. The monoisotopic (exact) mass is 301 g/mol. The molecule has 1 spiro atoms. The Bertz CT molecular complexity index is 569. The molecular weight excluding hydrogens is 282 g/mol. The minimum Gasteiger partial charge on any atom is -0.296 e. The topological polar surface area (TPSA) is 63.2 Å². The van der Waals surface area contributed by atoms with E-state index in [0.717, 1.165) is 48.9 Å². The number of hydrogen-bond acceptors (Lipinski definition) is 6. The molecule has 7 heteroatoms. The second-order valence-corrected chi connectivity index (χ2v) is 9.32. The first-order valence-corrected chi connectivity index (χ1v) is 9.32. The van der Waals surface area contributed by atoms with Crippen LogP contribution >= 0.6 is 11.3 Å². The van der Waals surface area contributed by atoms with Crippen LogP contribution in [0.5, 0.6) is 0 Å². The third kappa shape index (κ3) is 2.98. The van der Waals surface area contributed by atoms with Gasteiger partial charge in [0.15, 0.2) is 9.84 Å². The van der Waals surface area contributed by atoms with Gasteiger partial charge in [0.2, 0.25) is 0 Å². The van der Waals surface area contributed by atoms with Gasteiger partial charge in [-0.15, -0.1) is 21.5 Å². The fraction of sp³-hybridized carbons (Fsp3) is 0.833. The third-order valence-electron chi connectivity index (χ3n) is 4.14. The summed E-state index contributed by atoms with van der Waals surface area (Å²) in [5.74, 6) is 0.754. The van der Waals surface area contributed by atoms with Crippen molar-refractivity contribution in [2.45, 2.75) is 32.7 Å². The van der Waals surface area contributed by atoms with Crippen LogP contribution in [0.1, 0.15) is 29.3 Å². The van der Waals surface area contributed by atoms with Crippen molar-refractivity contribution in [2.75, 3.05) is 24.6 Å². The molecule has 1 atom stereocenters. The molecule has 3 rings (SSSR count). The molecule has 19 heavy (non-hydrogen) atoms. The number of aryl methyl sites for hydroxylation is 1. The molecule has 1 aromatic heterocycles. The Labute approximate surface area is 118 Å². The molecule has 1 aromatic rings. The van der Waals surface area contributed by atoms with Crippen molar-refractivity contribution < 1.29 is 8.42 Å². The minimum atomic E-state index is -2.80. The molecule has 2 saturated heterocycles. The van der Waals surface area contributed by atoms with Crippen LogP contribution in [0.15, 0.2) is 0 Å². The normalized spacial score (nSPS) is 31.0. The zero-order valence-corrected chi connectivity index (χ0v) is 12.8. The highest BCUT2D eigenvalue weighted by Gasteiger charge is 2.44. The van der Waals surface area contributed by atoms with Gasteiger partial charge in [-0.1, -0.05) is 0 Å². The summed E-state index contributed by atoms with van der Waals surface area (Å²) in [6.45, 7) is 4.71. The van der Waals surface area contributed by atoms with Crippen molar-refractivity contribution in [1.29, 1.82) is 0 Å². The van der Waals surface area contributed by atoms with E-state index < -0.39 is 9.84 Å². The summed E-state index contributed by atoms with van der Waals surface area (Å²) in [6, 6.07) is 0. The molecule has 2 aliphatic rings. The Kier molecular flexibility index (Phi) is 3.39. The maximum absolute atomic E-state index is 11.7. The summed E-state index contributed by atoms with van der Waals surface area (Å²) >= 11 is 1.63. The number of piperidine rings is 1. The largest absolute Gasteiger partial charge is 0.296 e. The Hall–Kier alpha value is -0.530. The summed E-state index contributed by atoms with van der Waals surface area (Å²) in [7, 11) is -2.80. The summed E-state index contributed by atoms with van der Waals surface area (Å²) < 4.78 is 23.5. The molecule has 0 aliphatic carbocycles. The van der Waals surface area contributed by atoms with E-state index in [0.29, 0.717) is 11.5 Å². The second kappa shape index (κ2) is 4.79. The standard InChI is InChI=1S/C12H19N3O2S2/c1-10-13-14-11(18-10)7-15-5-2-3-12(8-15)4-6-19(16,17)9-12/h2-9H2,1H3. The molecule has 0 amide bonds. The van der Waals surface area contributed by atoms with Gasteiger partial charge in [0.05, 0.1) is 18.1 Å². The highest BCUT2D eigenvalue weighted by Crippen LogP contribution is 2.40. The highest BCUT2D eigenvalue weighted by atomic mass is 32.2. The van der Waals surface area contributed by atoms with Crippen molar-refractivity contribution in [2.24, 2.45) is 5.41 Å². The van der Waals surface area contributed by atoms with Crippen LogP contribution in [0.2, 0.25) is 0 Å². The van der Waals surface area contributed by atoms with Crippen LogP contribution in [0.25, 0.3) is 0 Å². The molecule has 0 aromatic carbocycles. The number of nitrogens with zero attached hydrogens (tertiary/aromatic N) is 3. The molecule has 2 aliphatic heterocycles. The molecule has 0 saturated carbocycles. The van der Waals surface area contributed by atoms with Crippen LogP contribution in [0, 0.1) is 12.3 Å². The Balaban J connectivity index is 1.68. The van der Waals surface area contributed by atoms with Crippen molar-refractivity contribution in [3.05, 3.63) is 10.0 Å². The van der Waals surface area contributed by atoms with Crippen LogP contribution in [-0.2, 0) is 16.4 Å². The van der Waals surface area contributed by atoms with Crippen LogP contribution in [0.4, 0.5) is 0 Å². The van der Waals surface area contributed by atoms with E-state index in [1.807, 2.05) is 6.92 Å². The quantitative estimate of drug-likeness (QED) is 0.822. The first-order valence-electron chi connectivity index (χ1n) is 6.68. The predicted octanol–water partition coefficient (Wildman–Crippen LogP) is 1.25. The lowest BCUT2D eigenvalue weighted by Crippen LogP contribution is -2.43. The molecule has 106 valence electrons. The van der Waals surface area contributed by atoms with Crippen LogP contribution in [0.3, 0.4) is 0 Å². The molecule has 0 N–H and O–H groups in total. The minimum absolute atomic E-state index is 0.0107. The fourth-order valence-corrected chi connectivity index (χ4v) is 6.30. The number of likely N-dealkylation sites (tertiary alicyclic amines) is 1. The van der Waals surface area contributed by atoms with E-state index >= 15 is 0 Å². The zero-order valence-electron chi connectivity index (χ0n) is 11.1. The molecular formula is C12H19N3O2S2. The van der Waals surface area contributed by atoms with E-state index in [2.05, 4.69) is 15.1 Å². The molecule has 2 fully saturated rings. The van der Waals surface area contributed by atoms with Gasteiger partial charge in [0.1, 0.15) is 10.0 Å². The average Bonchev–Trinajstić information content (AvgIpc) is 2.84. The first-order chi connectivity index (χ1) is 8.96. The molecule has 0 bridgehead atoms. The van der Waals surface area contributed by atoms with E-state index in [-0.39, 0.29) is 5.41 Å². The smallest absolute Gasteiger partial charge is 0.150 e. The van der Waals surface area contributed by atoms with Gasteiger partial charge >= 0.3 is 0 Å². The van der Waals surface area contributed by atoms with Crippen molar-refractivity contribution >= 4 is 21.2 Å². The van der Waals surface area contributed by atoms with Gasteiger partial charge in [0, 0.05) is 6.54 Å². The Morgan fingerprint density at radius 2 is 2.21 bits per heavy atom. The van der Waals surface area contributed by atoms with Gasteiger partial charge in [0.25, 0.3) is 0 Å². The lowest BCUT2D eigenvalue weighted by molar-refractivity contribution is 0.102. The number of rotatable bonds is 2. The van der Waals surface area contributed by atoms with Crippen molar-refractivity contribution in [1.82, 2.24) is 15.1 Å². The average molecular weight is 301 g/mol. The molecule has 5 nitrogen and oxygen atoms in total. The lowest BCUT2D eigenvalue weighted by atomic mass is 9.79. The van der Waals surface area contributed by atoms with Crippen LogP contribution < -0.4 is 0 Å². The molecule has 1 unspecified atom stereocenters. The molecule has 3 heterocycles. The number of sulfone groups is 1.